The molecule has 1 aromatic carbocycles. The molecule has 1 atom stereocenters. The van der Waals surface area contributed by atoms with E-state index in [1.807, 2.05) is 52.0 Å². The third-order valence-electron chi connectivity index (χ3n) is 5.12. The summed E-state index contributed by atoms with van der Waals surface area (Å²) in [4.78, 5) is 37.8. The summed E-state index contributed by atoms with van der Waals surface area (Å²) in [5, 5.41) is 2.93. The van der Waals surface area contributed by atoms with Gasteiger partial charge >= 0.3 is 12.1 Å². The summed E-state index contributed by atoms with van der Waals surface area (Å²) in [7, 11) is 1.39. The second-order valence-electron chi connectivity index (χ2n) is 8.99. The van der Waals surface area contributed by atoms with Crippen LogP contribution in [0, 0.1) is 11.8 Å². The van der Waals surface area contributed by atoms with Crippen molar-refractivity contribution in [3.05, 3.63) is 29.8 Å². The number of methoxy groups -OCH3 is 1. The van der Waals surface area contributed by atoms with Crippen LogP contribution in [0.4, 0.5) is 10.5 Å². The zero-order chi connectivity index (χ0) is 22.3. The fourth-order valence-electron chi connectivity index (χ4n) is 3.48. The van der Waals surface area contributed by atoms with Gasteiger partial charge in [-0.25, -0.2) is 4.79 Å². The molecule has 7 heteroatoms. The summed E-state index contributed by atoms with van der Waals surface area (Å²) < 4.78 is 10.2. The van der Waals surface area contributed by atoms with Crippen molar-refractivity contribution in [2.75, 3.05) is 25.5 Å². The molecular formula is C23H34N2O5. The number of carbonyl (C=O) groups is 3. The average Bonchev–Trinajstić information content (AvgIpc) is 2.68. The summed E-state index contributed by atoms with van der Waals surface area (Å²) in [6.07, 6.45) is 2.32. The molecule has 0 radical (unpaired) electrons. The molecule has 1 aliphatic rings. The molecule has 0 spiro atoms. The van der Waals surface area contributed by atoms with Gasteiger partial charge in [0.05, 0.1) is 13.0 Å². The summed E-state index contributed by atoms with van der Waals surface area (Å²) in [6, 6.07) is 7.52. The second-order valence-corrected chi connectivity index (χ2v) is 8.99. The van der Waals surface area contributed by atoms with Crippen molar-refractivity contribution in [3.8, 4) is 0 Å². The topological polar surface area (TPSA) is 84.9 Å². The molecule has 1 fully saturated rings. The van der Waals surface area contributed by atoms with Gasteiger partial charge in [0.25, 0.3) is 0 Å². The number of nitrogens with zero attached hydrogens (tertiary/aromatic N) is 1. The van der Waals surface area contributed by atoms with Gasteiger partial charge < -0.3 is 19.7 Å². The van der Waals surface area contributed by atoms with E-state index in [-0.39, 0.29) is 29.8 Å². The van der Waals surface area contributed by atoms with Crippen molar-refractivity contribution in [2.45, 2.75) is 59.0 Å². The highest BCUT2D eigenvalue weighted by Crippen LogP contribution is 2.23. The number of hydrogen-bond donors (Lipinski definition) is 1. The summed E-state index contributed by atoms with van der Waals surface area (Å²) in [5.74, 6) is -0.211. The number of carbonyl (C=O) groups excluding carboxylic acids is 3. The zero-order valence-electron chi connectivity index (χ0n) is 18.7. The number of nitrogens with one attached hydrogen (secondary N) is 1. The first kappa shape index (κ1) is 23.7. The Morgan fingerprint density at radius 2 is 1.73 bits per heavy atom. The Bertz CT molecular complexity index is 731. The van der Waals surface area contributed by atoms with E-state index in [1.165, 1.54) is 7.11 Å². The van der Waals surface area contributed by atoms with E-state index in [9.17, 15) is 14.4 Å². The first-order valence-electron chi connectivity index (χ1n) is 10.5. The van der Waals surface area contributed by atoms with E-state index in [0.717, 1.165) is 24.1 Å². The largest absolute Gasteiger partial charge is 0.469 e. The number of rotatable bonds is 6. The molecule has 0 saturated carbocycles. The van der Waals surface area contributed by atoms with Gasteiger partial charge in [-0.05, 0) is 63.6 Å². The third kappa shape index (κ3) is 7.69. The molecule has 166 valence electrons. The van der Waals surface area contributed by atoms with Crippen molar-refractivity contribution in [3.63, 3.8) is 0 Å². The predicted octanol–water partition coefficient (Wildman–Crippen LogP) is 4.01. The monoisotopic (exact) mass is 418 g/mol. The van der Waals surface area contributed by atoms with E-state index in [1.54, 1.807) is 4.90 Å². The minimum atomic E-state index is -0.499. The summed E-state index contributed by atoms with van der Waals surface area (Å²) in [6.45, 7) is 8.62. The molecule has 30 heavy (non-hydrogen) atoms. The van der Waals surface area contributed by atoms with Gasteiger partial charge in [-0.2, -0.15) is 0 Å². The smallest absolute Gasteiger partial charge is 0.410 e. The van der Waals surface area contributed by atoms with Crippen molar-refractivity contribution in [1.82, 2.24) is 4.90 Å². The Balaban J connectivity index is 1.76. The van der Waals surface area contributed by atoms with E-state index >= 15 is 0 Å². The van der Waals surface area contributed by atoms with Gasteiger partial charge in [0.2, 0.25) is 5.91 Å². The van der Waals surface area contributed by atoms with Crippen LogP contribution in [0.15, 0.2) is 24.3 Å². The number of hydrogen-bond acceptors (Lipinski definition) is 5. The fraction of sp³-hybridized carbons (Fsp3) is 0.609. The van der Waals surface area contributed by atoms with Crippen LogP contribution in [0.5, 0.6) is 0 Å². The lowest BCUT2D eigenvalue weighted by molar-refractivity contribution is -0.144. The first-order valence-corrected chi connectivity index (χ1v) is 10.5. The Kier molecular flexibility index (Phi) is 8.26. The van der Waals surface area contributed by atoms with Crippen molar-refractivity contribution >= 4 is 23.7 Å². The molecule has 0 unspecified atom stereocenters. The number of benzene rings is 1. The number of anilines is 1. The highest BCUT2D eigenvalue weighted by atomic mass is 16.6. The van der Waals surface area contributed by atoms with Crippen LogP contribution in [-0.4, -0.2) is 48.7 Å². The molecule has 2 amide bonds. The molecule has 0 aliphatic carbocycles. The Hall–Kier alpha value is -2.57. The molecule has 1 N–H and O–H groups in total. The van der Waals surface area contributed by atoms with Crippen LogP contribution >= 0.6 is 0 Å². The molecule has 1 aromatic rings. The maximum atomic E-state index is 12.4. The van der Waals surface area contributed by atoms with Crippen molar-refractivity contribution in [2.24, 2.45) is 11.8 Å². The van der Waals surface area contributed by atoms with E-state index in [2.05, 4.69) is 5.32 Å². The van der Waals surface area contributed by atoms with Crippen LogP contribution < -0.4 is 5.32 Å². The fourth-order valence-corrected chi connectivity index (χ4v) is 3.48. The number of likely N-dealkylation sites (tertiary alicyclic amines) is 1. The lowest BCUT2D eigenvalue weighted by atomic mass is 9.93. The van der Waals surface area contributed by atoms with Gasteiger partial charge in [0, 0.05) is 25.2 Å². The van der Waals surface area contributed by atoms with Gasteiger partial charge in [0.15, 0.2) is 0 Å². The number of amides is 2. The van der Waals surface area contributed by atoms with Crippen LogP contribution in [0.25, 0.3) is 0 Å². The van der Waals surface area contributed by atoms with Gasteiger partial charge in [0.1, 0.15) is 5.60 Å². The SMILES string of the molecule is COC(=O)[C@@H](C)Cc1ccc(NC(=O)CC2CCN(C(=O)OC(C)(C)C)CC2)cc1. The van der Waals surface area contributed by atoms with Gasteiger partial charge in [-0.1, -0.05) is 19.1 Å². The zero-order valence-corrected chi connectivity index (χ0v) is 18.7. The van der Waals surface area contributed by atoms with Gasteiger partial charge in [-0.15, -0.1) is 0 Å². The van der Waals surface area contributed by atoms with Crippen LogP contribution in [0.1, 0.15) is 52.5 Å². The Labute approximate surface area is 179 Å². The molecular weight excluding hydrogens is 384 g/mol. The van der Waals surface area contributed by atoms with E-state index in [0.29, 0.717) is 25.9 Å². The standard InChI is InChI=1S/C23H34N2O5/c1-16(21(27)29-5)14-17-6-8-19(9-7-17)24-20(26)15-18-10-12-25(13-11-18)22(28)30-23(2,3)4/h6-9,16,18H,10-15H2,1-5H3,(H,24,26)/t16-/m0/s1. The highest BCUT2D eigenvalue weighted by molar-refractivity contribution is 5.90. The molecule has 0 bridgehead atoms. The van der Waals surface area contributed by atoms with Crippen LogP contribution in [0.3, 0.4) is 0 Å². The quantitative estimate of drug-likeness (QED) is 0.706. The molecule has 1 saturated heterocycles. The van der Waals surface area contributed by atoms with Crippen molar-refractivity contribution < 1.29 is 23.9 Å². The van der Waals surface area contributed by atoms with Crippen molar-refractivity contribution in [1.29, 1.82) is 0 Å². The highest BCUT2D eigenvalue weighted by Gasteiger charge is 2.27. The van der Waals surface area contributed by atoms with Crippen LogP contribution in [0.2, 0.25) is 0 Å². The first-order chi connectivity index (χ1) is 14.1. The van der Waals surface area contributed by atoms with E-state index in [4.69, 9.17) is 9.47 Å². The number of esters is 1. The number of piperidine rings is 1. The van der Waals surface area contributed by atoms with E-state index < -0.39 is 5.60 Å². The summed E-state index contributed by atoms with van der Waals surface area (Å²) in [5.41, 5.74) is 1.25. The maximum absolute atomic E-state index is 12.4. The normalized spacial score (nSPS) is 16.0. The molecule has 1 heterocycles. The Morgan fingerprint density at radius 1 is 1.13 bits per heavy atom. The maximum Gasteiger partial charge on any atom is 0.410 e. The molecule has 0 aromatic heterocycles. The minimum Gasteiger partial charge on any atom is -0.469 e. The third-order valence-corrected chi connectivity index (χ3v) is 5.12. The Morgan fingerprint density at radius 3 is 2.27 bits per heavy atom. The molecule has 7 nitrogen and oxygen atoms in total. The average molecular weight is 419 g/mol. The molecule has 1 aliphatic heterocycles. The number of ether oxygens (including phenoxy) is 2. The second kappa shape index (κ2) is 10.5. The summed E-state index contributed by atoms with van der Waals surface area (Å²) >= 11 is 0. The molecule has 2 rings (SSSR count). The predicted molar refractivity (Wildman–Crippen MR) is 115 cm³/mol. The minimum absolute atomic E-state index is 0.0265. The lowest BCUT2D eigenvalue weighted by Crippen LogP contribution is -2.42. The van der Waals surface area contributed by atoms with Crippen LogP contribution in [-0.2, 0) is 25.5 Å². The van der Waals surface area contributed by atoms with Gasteiger partial charge in [-0.3, -0.25) is 9.59 Å². The lowest BCUT2D eigenvalue weighted by Gasteiger charge is -2.33.